The average Bonchev–Trinajstić information content (AvgIpc) is 3.52. The van der Waals surface area contributed by atoms with E-state index in [9.17, 15) is 33.2 Å². The van der Waals surface area contributed by atoms with Crippen molar-refractivity contribution in [3.63, 3.8) is 0 Å². The summed E-state index contributed by atoms with van der Waals surface area (Å²) in [5.74, 6) is -1.26. The van der Waals surface area contributed by atoms with E-state index in [1.54, 1.807) is 24.3 Å². The van der Waals surface area contributed by atoms with Gasteiger partial charge in [0, 0.05) is 67.6 Å². The van der Waals surface area contributed by atoms with Crippen molar-refractivity contribution in [2.24, 2.45) is 0 Å². The summed E-state index contributed by atoms with van der Waals surface area (Å²) in [6, 6.07) is 11.8. The number of piperazine rings is 1. The number of hydrogen-bond donors (Lipinski definition) is 3. The molecule has 3 aliphatic rings. The van der Waals surface area contributed by atoms with Gasteiger partial charge in [-0.2, -0.15) is 0 Å². The molecule has 18 heteroatoms. The molecule has 4 heterocycles. The van der Waals surface area contributed by atoms with Crippen LogP contribution in [0.5, 0.6) is 5.75 Å². The van der Waals surface area contributed by atoms with Gasteiger partial charge >= 0.3 is 0 Å². The van der Waals surface area contributed by atoms with E-state index in [4.69, 9.17) is 16.3 Å². The minimum Gasteiger partial charge on any atom is -0.491 e. The van der Waals surface area contributed by atoms with Crippen LogP contribution in [0.2, 0.25) is 5.02 Å². The fourth-order valence-corrected chi connectivity index (χ4v) is 8.93. The molecule has 0 bridgehead atoms. The minimum absolute atomic E-state index is 0.0361. The molecule has 6 amide bonds. The number of hydrogen-bond acceptors (Lipinski definition) is 12. The smallest absolute Gasteiger partial charge is 0.263 e. The standard InChI is InChI=1S/C44H46ClFN8O7S/c1-2-37(55)50-33-24-29-32(47-26-48-41(29)49-27-12-13-31(46)30(45)23-27)25-35(33)61-21-8-16-52-17-19-53(20-18-52)39(57)11-5-3-4-6-22-62-36-10-7-9-28-40(36)44(60)54(43(28)59)34-14-15-38(56)51-42(34)58/h2,7,9-10,12-13,23-26,34H,1,3-6,8,11,14-22H2,(H,50,55)(H,47,48,49)(H,51,56,58). The molecule has 15 nitrogen and oxygen atoms in total. The van der Waals surface area contributed by atoms with E-state index >= 15 is 0 Å². The molecule has 0 spiro atoms. The number of aromatic nitrogens is 2. The number of carbonyl (C=O) groups excluding carboxylic acids is 6. The Morgan fingerprint density at radius 1 is 0.984 bits per heavy atom. The molecule has 3 N–H and O–H groups in total. The zero-order chi connectivity index (χ0) is 43.8. The van der Waals surface area contributed by atoms with Gasteiger partial charge in [-0.25, -0.2) is 14.4 Å². The second kappa shape index (κ2) is 20.3. The van der Waals surface area contributed by atoms with Gasteiger partial charge in [0.25, 0.3) is 11.8 Å². The Morgan fingerprint density at radius 3 is 2.56 bits per heavy atom. The lowest BCUT2D eigenvalue weighted by Crippen LogP contribution is -2.54. The van der Waals surface area contributed by atoms with Gasteiger partial charge in [-0.3, -0.25) is 43.9 Å². The summed E-state index contributed by atoms with van der Waals surface area (Å²) in [4.78, 5) is 90.5. The van der Waals surface area contributed by atoms with Crippen LogP contribution in [-0.2, 0) is 19.2 Å². The number of imide groups is 2. The van der Waals surface area contributed by atoms with E-state index < -0.39 is 41.4 Å². The molecule has 2 saturated heterocycles. The topological polar surface area (TPSA) is 183 Å². The van der Waals surface area contributed by atoms with Gasteiger partial charge in [-0.05, 0) is 73.9 Å². The Hall–Kier alpha value is -5.91. The van der Waals surface area contributed by atoms with Crippen molar-refractivity contribution >= 4 is 86.9 Å². The predicted molar refractivity (Wildman–Crippen MR) is 233 cm³/mol. The number of amides is 6. The van der Waals surface area contributed by atoms with Crippen LogP contribution >= 0.6 is 23.4 Å². The number of ether oxygens (including phenoxy) is 1. The first-order valence-corrected chi connectivity index (χ1v) is 21.9. The highest BCUT2D eigenvalue weighted by molar-refractivity contribution is 7.99. The molecule has 1 atom stereocenters. The molecule has 2 fully saturated rings. The SMILES string of the molecule is C=CC(=O)Nc1cc2c(Nc3ccc(F)c(Cl)c3)ncnc2cc1OCCCN1CCN(C(=O)CCCCCCSc2cccc3c2C(=O)N(C2CCC(=O)NC2=O)C3=O)CC1. The first-order valence-electron chi connectivity index (χ1n) is 20.5. The summed E-state index contributed by atoms with van der Waals surface area (Å²) in [5, 5.41) is 8.71. The van der Waals surface area contributed by atoms with E-state index in [1.165, 1.54) is 42.4 Å². The molecule has 0 aliphatic carbocycles. The van der Waals surface area contributed by atoms with Crippen LogP contribution in [0.1, 0.15) is 72.1 Å². The molecule has 0 radical (unpaired) electrons. The van der Waals surface area contributed by atoms with E-state index in [2.05, 4.69) is 37.4 Å². The number of rotatable bonds is 18. The third-order valence-electron chi connectivity index (χ3n) is 10.9. The molecule has 1 aromatic heterocycles. The Labute approximate surface area is 366 Å². The van der Waals surface area contributed by atoms with Crippen LogP contribution in [0.25, 0.3) is 10.9 Å². The number of nitrogens with one attached hydrogen (secondary N) is 3. The van der Waals surface area contributed by atoms with E-state index in [1.807, 2.05) is 11.0 Å². The highest BCUT2D eigenvalue weighted by Gasteiger charge is 2.45. The Bertz CT molecular complexity index is 2410. The zero-order valence-electron chi connectivity index (χ0n) is 33.9. The largest absolute Gasteiger partial charge is 0.491 e. The summed E-state index contributed by atoms with van der Waals surface area (Å²) in [6.45, 7) is 7.52. The van der Waals surface area contributed by atoms with Crippen LogP contribution in [0, 0.1) is 5.82 Å². The molecule has 0 saturated carbocycles. The lowest BCUT2D eigenvalue weighted by Gasteiger charge is -2.34. The van der Waals surface area contributed by atoms with Crippen LogP contribution in [0.15, 0.2) is 72.4 Å². The summed E-state index contributed by atoms with van der Waals surface area (Å²) in [5.41, 5.74) is 2.09. The number of piperidine rings is 1. The quantitative estimate of drug-likeness (QED) is 0.0437. The number of halogens is 2. The van der Waals surface area contributed by atoms with Crippen LogP contribution in [-0.4, -0.2) is 111 Å². The van der Waals surface area contributed by atoms with Crippen LogP contribution in [0.4, 0.5) is 21.6 Å². The third-order valence-corrected chi connectivity index (χ3v) is 12.4. The van der Waals surface area contributed by atoms with Gasteiger partial charge in [0.05, 0.1) is 34.0 Å². The summed E-state index contributed by atoms with van der Waals surface area (Å²) in [7, 11) is 0. The van der Waals surface area contributed by atoms with Gasteiger partial charge in [0.2, 0.25) is 23.6 Å². The minimum atomic E-state index is -0.997. The summed E-state index contributed by atoms with van der Waals surface area (Å²) < 4.78 is 19.9. The highest BCUT2D eigenvalue weighted by Crippen LogP contribution is 2.36. The number of thioether (sulfide) groups is 1. The van der Waals surface area contributed by atoms with Gasteiger partial charge in [-0.1, -0.05) is 37.1 Å². The molecular weight excluding hydrogens is 839 g/mol. The Balaban J connectivity index is 0.804. The maximum Gasteiger partial charge on any atom is 0.263 e. The van der Waals surface area contributed by atoms with E-state index in [0.29, 0.717) is 76.8 Å². The molecule has 7 rings (SSSR count). The average molecular weight is 885 g/mol. The number of anilines is 3. The Morgan fingerprint density at radius 2 is 1.79 bits per heavy atom. The number of carbonyl (C=O) groups is 6. The first kappa shape index (κ1) is 44.2. The molecule has 324 valence electrons. The first-order chi connectivity index (χ1) is 30.0. The van der Waals surface area contributed by atoms with E-state index in [-0.39, 0.29) is 29.3 Å². The normalized spacial score (nSPS) is 16.6. The van der Waals surface area contributed by atoms with Crippen molar-refractivity contribution in [3.05, 3.63) is 89.5 Å². The molecular formula is C44H46ClFN8O7S. The van der Waals surface area contributed by atoms with Crippen molar-refractivity contribution in [2.75, 3.05) is 55.7 Å². The van der Waals surface area contributed by atoms with Crippen LogP contribution < -0.4 is 20.7 Å². The number of nitrogens with zero attached hydrogens (tertiary/aromatic N) is 5. The lowest BCUT2D eigenvalue weighted by atomic mass is 10.0. The van der Waals surface area contributed by atoms with Gasteiger partial charge < -0.3 is 20.3 Å². The molecule has 4 aromatic rings. The lowest BCUT2D eigenvalue weighted by molar-refractivity contribution is -0.136. The van der Waals surface area contributed by atoms with Crippen molar-refractivity contribution in [1.82, 2.24) is 30.0 Å². The predicted octanol–water partition coefficient (Wildman–Crippen LogP) is 6.35. The fourth-order valence-electron chi connectivity index (χ4n) is 7.66. The number of benzene rings is 3. The summed E-state index contributed by atoms with van der Waals surface area (Å²) >= 11 is 7.46. The second-order valence-electron chi connectivity index (χ2n) is 15.1. The maximum absolute atomic E-state index is 13.7. The second-order valence-corrected chi connectivity index (χ2v) is 16.6. The van der Waals surface area contributed by atoms with E-state index in [0.717, 1.165) is 56.0 Å². The van der Waals surface area contributed by atoms with Crippen LogP contribution in [0.3, 0.4) is 0 Å². The van der Waals surface area contributed by atoms with Gasteiger partial charge in [0.15, 0.2) is 0 Å². The third kappa shape index (κ3) is 10.4. The Kier molecular flexibility index (Phi) is 14.5. The van der Waals surface area contributed by atoms with Crippen molar-refractivity contribution < 1.29 is 37.9 Å². The van der Waals surface area contributed by atoms with Crippen molar-refractivity contribution in [2.45, 2.75) is 62.3 Å². The number of fused-ring (bicyclic) bond motifs is 2. The van der Waals surface area contributed by atoms with Gasteiger partial charge in [-0.15, -0.1) is 11.8 Å². The molecule has 62 heavy (non-hydrogen) atoms. The fraction of sp³-hybridized carbons (Fsp3) is 0.364. The highest BCUT2D eigenvalue weighted by atomic mass is 35.5. The van der Waals surface area contributed by atoms with Gasteiger partial charge in [0.1, 0.15) is 29.8 Å². The zero-order valence-corrected chi connectivity index (χ0v) is 35.5. The number of unbranched alkanes of at least 4 members (excludes halogenated alkanes) is 3. The van der Waals surface area contributed by atoms with Crippen molar-refractivity contribution in [3.8, 4) is 5.75 Å². The monoisotopic (exact) mass is 884 g/mol. The molecule has 3 aromatic carbocycles. The summed E-state index contributed by atoms with van der Waals surface area (Å²) in [6.07, 6.45) is 7.41. The molecule has 3 aliphatic heterocycles. The van der Waals surface area contributed by atoms with Crippen molar-refractivity contribution in [1.29, 1.82) is 0 Å². The maximum atomic E-state index is 13.7. The molecule has 1 unspecified atom stereocenters.